The predicted octanol–water partition coefficient (Wildman–Crippen LogP) is 4.92. The van der Waals surface area contributed by atoms with Crippen LogP contribution in [0.5, 0.6) is 0 Å². The van der Waals surface area contributed by atoms with Gasteiger partial charge in [-0.1, -0.05) is 29.8 Å². The number of carbonyl (C=O) groups excluding carboxylic acids is 1. The van der Waals surface area contributed by atoms with E-state index in [0.717, 1.165) is 67.8 Å². The number of hydrogen-bond donors (Lipinski definition) is 1. The van der Waals surface area contributed by atoms with Gasteiger partial charge in [0.05, 0.1) is 6.07 Å². The number of allylic oxidation sites excluding steroid dienone is 4. The molecule has 1 saturated carbocycles. The van der Waals surface area contributed by atoms with E-state index in [2.05, 4.69) is 59.6 Å². The molecule has 1 saturated heterocycles. The van der Waals surface area contributed by atoms with Crippen LogP contribution in [0.1, 0.15) is 43.2 Å². The Kier molecular flexibility index (Phi) is 7.83. The average Bonchev–Trinajstić information content (AvgIpc) is 3.58. The molecule has 3 aliphatic rings. The minimum atomic E-state index is -0.856. The Bertz CT molecular complexity index is 1310. The highest BCUT2D eigenvalue weighted by Crippen LogP contribution is 2.45. The van der Waals surface area contributed by atoms with Gasteiger partial charge in [-0.3, -0.25) is 4.79 Å². The predicted molar refractivity (Wildman–Crippen MR) is 151 cm³/mol. The molecule has 1 N–H and O–H groups in total. The normalized spacial score (nSPS) is 19.8. The Hall–Kier alpha value is -3.21. The van der Waals surface area contributed by atoms with Crippen molar-refractivity contribution in [1.82, 2.24) is 20.2 Å². The van der Waals surface area contributed by atoms with Crippen molar-refractivity contribution in [1.29, 1.82) is 5.26 Å². The molecule has 2 heterocycles. The fraction of sp³-hybridized carbons (Fsp3) is 0.467. The van der Waals surface area contributed by atoms with Crippen LogP contribution in [-0.4, -0.2) is 54.5 Å². The van der Waals surface area contributed by atoms with Crippen LogP contribution in [0.4, 0.5) is 5.82 Å². The highest BCUT2D eigenvalue weighted by atomic mass is 35.5. The van der Waals surface area contributed by atoms with Crippen molar-refractivity contribution in [3.63, 3.8) is 0 Å². The number of carbonyl (C=O) groups is 1. The van der Waals surface area contributed by atoms with Gasteiger partial charge in [-0.2, -0.15) is 5.26 Å². The molecular weight excluding hydrogens is 496 g/mol. The Morgan fingerprint density at radius 1 is 1.29 bits per heavy atom. The number of aromatic nitrogens is 2. The van der Waals surface area contributed by atoms with E-state index >= 15 is 0 Å². The van der Waals surface area contributed by atoms with Gasteiger partial charge in [-0.05, 0) is 87.9 Å². The molecule has 1 aromatic carbocycles. The summed E-state index contributed by atoms with van der Waals surface area (Å²) in [6.45, 7) is 3.12. The summed E-state index contributed by atoms with van der Waals surface area (Å²) in [6, 6.07) is 8.22. The largest absolute Gasteiger partial charge is 0.356 e. The van der Waals surface area contributed by atoms with Gasteiger partial charge in [0.15, 0.2) is 5.82 Å². The Balaban J connectivity index is 1.42. The van der Waals surface area contributed by atoms with Crippen LogP contribution >= 0.6 is 11.6 Å². The molecule has 1 unspecified atom stereocenters. The van der Waals surface area contributed by atoms with Crippen LogP contribution in [-0.2, 0) is 17.8 Å². The van der Waals surface area contributed by atoms with E-state index in [0.29, 0.717) is 36.2 Å². The number of nitrogens with zero attached hydrogens (tertiary/aromatic N) is 5. The van der Waals surface area contributed by atoms with Crippen LogP contribution in [0.2, 0.25) is 5.02 Å². The fourth-order valence-electron chi connectivity index (χ4n) is 5.40. The standard InChI is InChI=1S/C30H35ClN6O/c1-36(2)18-22-8-11-37(19-22)28-25(17-34-29(38)30(20-32)9-10-30)16-33-27(35-28)24-13-23(14-26(31)15-24)12-21-6-4-3-5-7-21/h4,6-7,13-16,22H,3,5,8-12,17-19H2,1-2H3,(H,34,38). The van der Waals surface area contributed by atoms with Gasteiger partial charge in [0, 0.05) is 48.5 Å². The second-order valence-electron chi connectivity index (χ2n) is 11.1. The molecule has 7 nitrogen and oxygen atoms in total. The lowest BCUT2D eigenvalue weighted by Crippen LogP contribution is -2.32. The maximum absolute atomic E-state index is 12.6. The van der Waals surface area contributed by atoms with Crippen LogP contribution < -0.4 is 10.2 Å². The van der Waals surface area contributed by atoms with Gasteiger partial charge in [-0.15, -0.1) is 0 Å². The number of nitrogens with one attached hydrogen (secondary N) is 1. The molecule has 1 atom stereocenters. The summed E-state index contributed by atoms with van der Waals surface area (Å²) in [5.41, 5.74) is 3.32. The van der Waals surface area contributed by atoms with E-state index in [1.54, 1.807) is 0 Å². The average molecular weight is 531 g/mol. The first-order valence-electron chi connectivity index (χ1n) is 13.5. The first-order valence-corrected chi connectivity index (χ1v) is 13.8. The Morgan fingerprint density at radius 2 is 2.13 bits per heavy atom. The number of benzene rings is 1. The quantitative estimate of drug-likeness (QED) is 0.495. The molecule has 1 aliphatic heterocycles. The first-order chi connectivity index (χ1) is 18.3. The molecule has 8 heteroatoms. The number of amides is 1. The zero-order valence-corrected chi connectivity index (χ0v) is 23.0. The third kappa shape index (κ3) is 6.09. The molecule has 38 heavy (non-hydrogen) atoms. The fourth-order valence-corrected chi connectivity index (χ4v) is 5.66. The van der Waals surface area contributed by atoms with Crippen LogP contribution in [0.25, 0.3) is 11.4 Å². The molecule has 0 bridgehead atoms. The van der Waals surface area contributed by atoms with Crippen LogP contribution in [0.3, 0.4) is 0 Å². The topological polar surface area (TPSA) is 85.2 Å². The third-order valence-corrected chi connectivity index (χ3v) is 7.80. The molecule has 5 rings (SSSR count). The van der Waals surface area contributed by atoms with Crippen LogP contribution in [0, 0.1) is 22.7 Å². The summed E-state index contributed by atoms with van der Waals surface area (Å²) in [7, 11) is 4.20. The van der Waals surface area contributed by atoms with Crippen molar-refractivity contribution in [2.45, 2.75) is 45.1 Å². The molecule has 2 fully saturated rings. The van der Waals surface area contributed by atoms with Crippen molar-refractivity contribution >= 4 is 23.3 Å². The van der Waals surface area contributed by atoms with Gasteiger partial charge in [0.1, 0.15) is 11.2 Å². The molecule has 2 aliphatic carbocycles. The van der Waals surface area contributed by atoms with E-state index in [-0.39, 0.29) is 5.91 Å². The summed E-state index contributed by atoms with van der Waals surface area (Å²) < 4.78 is 0. The number of rotatable bonds is 9. The number of anilines is 1. The first kappa shape index (κ1) is 26.4. The maximum Gasteiger partial charge on any atom is 0.240 e. The molecule has 2 aromatic rings. The lowest BCUT2D eigenvalue weighted by atomic mass is 9.98. The summed E-state index contributed by atoms with van der Waals surface area (Å²) in [6.07, 6.45) is 13.8. The van der Waals surface area contributed by atoms with Crippen molar-refractivity contribution in [2.24, 2.45) is 11.3 Å². The van der Waals surface area contributed by atoms with Gasteiger partial charge >= 0.3 is 0 Å². The van der Waals surface area contributed by atoms with Gasteiger partial charge in [-0.25, -0.2) is 9.97 Å². The zero-order chi connectivity index (χ0) is 26.7. The molecule has 1 amide bonds. The molecule has 1 aromatic heterocycles. The Morgan fingerprint density at radius 3 is 2.84 bits per heavy atom. The minimum Gasteiger partial charge on any atom is -0.356 e. The lowest BCUT2D eigenvalue weighted by molar-refractivity contribution is -0.124. The van der Waals surface area contributed by atoms with Crippen molar-refractivity contribution < 1.29 is 4.79 Å². The maximum atomic E-state index is 12.6. The number of nitriles is 1. The highest BCUT2D eigenvalue weighted by Gasteiger charge is 2.50. The van der Waals surface area contributed by atoms with Crippen molar-refractivity contribution in [3.05, 3.63) is 64.3 Å². The SMILES string of the molecule is CN(C)CC1CCN(c2nc(-c3cc(Cl)cc(CC4=CCCC=C4)c3)ncc2CNC(=O)C2(C#N)CC2)C1. The smallest absolute Gasteiger partial charge is 0.240 e. The second kappa shape index (κ2) is 11.3. The van der Waals surface area contributed by atoms with E-state index in [1.807, 2.05) is 18.3 Å². The van der Waals surface area contributed by atoms with Crippen LogP contribution in [0.15, 0.2) is 48.2 Å². The minimum absolute atomic E-state index is 0.201. The highest BCUT2D eigenvalue weighted by molar-refractivity contribution is 6.30. The molecule has 0 radical (unpaired) electrons. The molecule has 198 valence electrons. The van der Waals surface area contributed by atoms with Gasteiger partial charge in [0.2, 0.25) is 5.91 Å². The number of hydrogen-bond acceptors (Lipinski definition) is 6. The van der Waals surface area contributed by atoms with E-state index in [9.17, 15) is 10.1 Å². The molecule has 0 spiro atoms. The third-order valence-electron chi connectivity index (χ3n) is 7.58. The van der Waals surface area contributed by atoms with Gasteiger partial charge in [0.25, 0.3) is 0 Å². The summed E-state index contributed by atoms with van der Waals surface area (Å²) in [4.78, 5) is 26.9. The molecular formula is C30H35ClN6O. The summed E-state index contributed by atoms with van der Waals surface area (Å²) in [5, 5.41) is 13.0. The second-order valence-corrected chi connectivity index (χ2v) is 11.5. The lowest BCUT2D eigenvalue weighted by Gasteiger charge is -2.23. The number of halogens is 1. The summed E-state index contributed by atoms with van der Waals surface area (Å²) in [5.74, 6) is 1.82. The van der Waals surface area contributed by atoms with Gasteiger partial charge < -0.3 is 15.1 Å². The monoisotopic (exact) mass is 530 g/mol. The van der Waals surface area contributed by atoms with E-state index < -0.39 is 5.41 Å². The van der Waals surface area contributed by atoms with Crippen molar-refractivity contribution in [3.8, 4) is 17.5 Å². The van der Waals surface area contributed by atoms with E-state index in [1.165, 1.54) is 5.57 Å². The zero-order valence-electron chi connectivity index (χ0n) is 22.2. The van der Waals surface area contributed by atoms with Crippen molar-refractivity contribution in [2.75, 3.05) is 38.6 Å². The van der Waals surface area contributed by atoms with E-state index in [4.69, 9.17) is 21.6 Å². The Labute approximate surface area is 230 Å². The summed E-state index contributed by atoms with van der Waals surface area (Å²) >= 11 is 6.55.